The van der Waals surface area contributed by atoms with Gasteiger partial charge in [-0.15, -0.1) is 0 Å². The number of nitrogens with zero attached hydrogens (tertiary/aromatic N) is 3. The van der Waals surface area contributed by atoms with E-state index in [1.165, 1.54) is 6.07 Å². The number of amides is 1. The second kappa shape index (κ2) is 7.25. The minimum absolute atomic E-state index is 0.114. The van der Waals surface area contributed by atoms with Gasteiger partial charge in [0.05, 0.1) is 27.8 Å². The minimum atomic E-state index is -1.06. The molecule has 2 heterocycles. The first-order valence-electron chi connectivity index (χ1n) is 8.93. The third kappa shape index (κ3) is 3.44. The van der Waals surface area contributed by atoms with Crippen molar-refractivity contribution >= 4 is 28.2 Å². The Balaban J connectivity index is 1.76. The summed E-state index contributed by atoms with van der Waals surface area (Å²) in [5.74, 6) is 0.620. The van der Waals surface area contributed by atoms with Crippen LogP contribution in [0.25, 0.3) is 5.69 Å². The van der Waals surface area contributed by atoms with Gasteiger partial charge in [-0.3, -0.25) is 19.1 Å². The lowest BCUT2D eigenvalue weighted by atomic mass is 10.1. The van der Waals surface area contributed by atoms with E-state index >= 15 is 0 Å². The van der Waals surface area contributed by atoms with E-state index in [0.717, 1.165) is 16.8 Å². The van der Waals surface area contributed by atoms with Gasteiger partial charge < -0.3 is 5.32 Å². The highest BCUT2D eigenvalue weighted by molar-refractivity contribution is 7.83. The van der Waals surface area contributed by atoms with Crippen molar-refractivity contribution in [2.75, 3.05) is 5.32 Å². The smallest absolute Gasteiger partial charge is 0.273 e. The number of hydrogen-bond donors (Lipinski definition) is 1. The molecule has 3 aromatic rings. The third-order valence-electron chi connectivity index (χ3n) is 4.91. The molecule has 1 amide bonds. The molecule has 1 aromatic heterocycles. The molecule has 2 aromatic carbocycles. The number of nitro benzene ring substituents is 1. The number of carbonyl (C=O) groups excluding carboxylic acids is 1. The fourth-order valence-corrected chi connectivity index (χ4v) is 4.62. The lowest BCUT2D eigenvalue weighted by molar-refractivity contribution is -0.385. The third-order valence-corrected chi connectivity index (χ3v) is 6.12. The van der Waals surface area contributed by atoms with Crippen LogP contribution < -0.4 is 5.32 Å². The van der Waals surface area contributed by atoms with Gasteiger partial charge in [0.1, 0.15) is 5.82 Å². The Morgan fingerprint density at radius 1 is 1.17 bits per heavy atom. The number of anilines is 1. The molecule has 29 heavy (non-hydrogen) atoms. The molecule has 0 spiro atoms. The van der Waals surface area contributed by atoms with Crippen molar-refractivity contribution in [2.24, 2.45) is 0 Å². The minimum Gasteiger partial charge on any atom is -0.306 e. The molecular weight excluding hydrogens is 392 g/mol. The summed E-state index contributed by atoms with van der Waals surface area (Å²) in [5, 5.41) is 18.6. The molecule has 148 valence electrons. The van der Waals surface area contributed by atoms with Crippen molar-refractivity contribution in [1.29, 1.82) is 0 Å². The van der Waals surface area contributed by atoms with Crippen molar-refractivity contribution in [3.05, 3.63) is 80.5 Å². The number of hydrogen-bond acceptors (Lipinski definition) is 5. The summed E-state index contributed by atoms with van der Waals surface area (Å²) in [6.45, 7) is 3.56. The summed E-state index contributed by atoms with van der Waals surface area (Å²) < 4.78 is 13.7. The van der Waals surface area contributed by atoms with Crippen LogP contribution in [-0.4, -0.2) is 24.8 Å². The number of carbonyl (C=O) groups is 1. The van der Waals surface area contributed by atoms with Crippen LogP contribution in [0.5, 0.6) is 0 Å². The molecule has 0 radical (unpaired) electrons. The van der Waals surface area contributed by atoms with E-state index < -0.39 is 21.6 Å². The number of fused-ring (bicyclic) bond motifs is 1. The van der Waals surface area contributed by atoms with E-state index in [-0.39, 0.29) is 11.3 Å². The van der Waals surface area contributed by atoms with Crippen LogP contribution in [0.15, 0.2) is 42.5 Å². The summed E-state index contributed by atoms with van der Waals surface area (Å²) in [7, 11) is -1.06. The van der Waals surface area contributed by atoms with Crippen LogP contribution in [0.3, 0.4) is 0 Å². The molecule has 0 fully saturated rings. The molecule has 9 heteroatoms. The number of aryl methyl sites for hydroxylation is 2. The number of para-hydroxylation sites is 1. The van der Waals surface area contributed by atoms with E-state index in [4.69, 9.17) is 0 Å². The molecule has 1 unspecified atom stereocenters. The summed E-state index contributed by atoms with van der Waals surface area (Å²) in [5.41, 5.74) is 3.74. The van der Waals surface area contributed by atoms with Crippen LogP contribution in [0, 0.1) is 24.0 Å². The molecular formula is C20H18N4O4S. The number of rotatable bonds is 4. The Kier molecular flexibility index (Phi) is 4.75. The first kappa shape index (κ1) is 19.0. The van der Waals surface area contributed by atoms with E-state index in [9.17, 15) is 19.1 Å². The van der Waals surface area contributed by atoms with Crippen molar-refractivity contribution < 1.29 is 13.9 Å². The molecule has 1 aliphatic heterocycles. The quantitative estimate of drug-likeness (QED) is 0.524. The Morgan fingerprint density at radius 3 is 2.66 bits per heavy atom. The van der Waals surface area contributed by atoms with Crippen LogP contribution in [0.1, 0.15) is 32.7 Å². The predicted molar refractivity (Wildman–Crippen MR) is 110 cm³/mol. The van der Waals surface area contributed by atoms with Crippen LogP contribution in [0.2, 0.25) is 0 Å². The first-order chi connectivity index (χ1) is 13.8. The Labute approximate surface area is 169 Å². The molecule has 1 N–H and O–H groups in total. The SMILES string of the molecule is Cc1ccccc1-n1nc2c(c1NC(=O)c1ccc(C)c([N+](=O)[O-])c1)CS(=O)C2. The lowest BCUT2D eigenvalue weighted by Gasteiger charge is -2.13. The Hall–Kier alpha value is -3.33. The average molecular weight is 410 g/mol. The molecule has 0 saturated carbocycles. The van der Waals surface area contributed by atoms with Crippen molar-refractivity contribution in [2.45, 2.75) is 25.4 Å². The number of nitro groups is 1. The number of benzene rings is 2. The highest BCUT2D eigenvalue weighted by Gasteiger charge is 2.29. The van der Waals surface area contributed by atoms with Gasteiger partial charge in [0.15, 0.2) is 0 Å². The highest BCUT2D eigenvalue weighted by Crippen LogP contribution is 2.32. The van der Waals surface area contributed by atoms with E-state index in [1.807, 2.05) is 31.2 Å². The molecule has 4 rings (SSSR count). The second-order valence-corrected chi connectivity index (χ2v) is 8.37. The van der Waals surface area contributed by atoms with Gasteiger partial charge in [-0.2, -0.15) is 5.10 Å². The van der Waals surface area contributed by atoms with Gasteiger partial charge in [-0.1, -0.05) is 24.3 Å². The largest absolute Gasteiger partial charge is 0.306 e. The number of aromatic nitrogens is 2. The van der Waals surface area contributed by atoms with E-state index in [1.54, 1.807) is 23.7 Å². The monoisotopic (exact) mass is 410 g/mol. The molecule has 0 saturated heterocycles. The van der Waals surface area contributed by atoms with Gasteiger partial charge in [0.25, 0.3) is 11.6 Å². The number of nitrogens with one attached hydrogen (secondary N) is 1. The maximum absolute atomic E-state index is 12.9. The van der Waals surface area contributed by atoms with Crippen LogP contribution >= 0.6 is 0 Å². The Bertz CT molecular complexity index is 1190. The van der Waals surface area contributed by atoms with Crippen molar-refractivity contribution in [1.82, 2.24) is 9.78 Å². The van der Waals surface area contributed by atoms with E-state index in [2.05, 4.69) is 10.4 Å². The topological polar surface area (TPSA) is 107 Å². The highest BCUT2D eigenvalue weighted by atomic mass is 32.2. The van der Waals surface area contributed by atoms with Crippen molar-refractivity contribution in [3.8, 4) is 5.69 Å². The maximum atomic E-state index is 12.9. The van der Waals surface area contributed by atoms with Crippen molar-refractivity contribution in [3.63, 3.8) is 0 Å². The normalized spacial score (nSPS) is 15.2. The standard InChI is InChI=1S/C20H18N4O4S/c1-12-5-3-4-6-17(12)23-19(15-10-29(28)11-16(15)22-23)21-20(25)14-8-7-13(2)18(9-14)24(26)27/h3-9H,10-11H2,1-2H3,(H,21,25). The van der Waals surface area contributed by atoms with Gasteiger partial charge >= 0.3 is 0 Å². The zero-order valence-electron chi connectivity index (χ0n) is 15.8. The summed E-state index contributed by atoms with van der Waals surface area (Å²) >= 11 is 0. The lowest BCUT2D eigenvalue weighted by Crippen LogP contribution is -2.17. The average Bonchev–Trinajstić information content (AvgIpc) is 3.19. The van der Waals surface area contributed by atoms with Gasteiger partial charge in [-0.25, -0.2) is 4.68 Å². The zero-order chi connectivity index (χ0) is 20.7. The molecule has 0 bridgehead atoms. The fraction of sp³-hybridized carbons (Fsp3) is 0.200. The fourth-order valence-electron chi connectivity index (χ4n) is 3.36. The maximum Gasteiger partial charge on any atom is 0.273 e. The Morgan fingerprint density at radius 2 is 1.93 bits per heavy atom. The van der Waals surface area contributed by atoms with Crippen LogP contribution in [0.4, 0.5) is 11.5 Å². The predicted octanol–water partition coefficient (Wildman–Crippen LogP) is 3.41. The summed E-state index contributed by atoms with van der Waals surface area (Å²) in [6, 6.07) is 12.0. The molecule has 1 atom stereocenters. The molecule has 1 aliphatic rings. The molecule has 0 aliphatic carbocycles. The summed E-state index contributed by atoms with van der Waals surface area (Å²) in [6.07, 6.45) is 0. The van der Waals surface area contributed by atoms with Crippen LogP contribution in [-0.2, 0) is 22.3 Å². The zero-order valence-corrected chi connectivity index (χ0v) is 16.7. The van der Waals surface area contributed by atoms with E-state index in [0.29, 0.717) is 28.6 Å². The van der Waals surface area contributed by atoms with Gasteiger partial charge in [0, 0.05) is 33.6 Å². The van der Waals surface area contributed by atoms with Gasteiger partial charge in [0.2, 0.25) is 0 Å². The van der Waals surface area contributed by atoms with Gasteiger partial charge in [-0.05, 0) is 31.5 Å². The molecule has 8 nitrogen and oxygen atoms in total. The first-order valence-corrected chi connectivity index (χ1v) is 10.4. The summed E-state index contributed by atoms with van der Waals surface area (Å²) in [4.78, 5) is 23.6. The second-order valence-electron chi connectivity index (χ2n) is 6.91.